The van der Waals surface area contributed by atoms with E-state index in [2.05, 4.69) is 0 Å². The van der Waals surface area contributed by atoms with E-state index in [-0.39, 0.29) is 39.1 Å². The monoisotopic (exact) mass is 523 g/mol. The van der Waals surface area contributed by atoms with Crippen LogP contribution in [0, 0.1) is 0 Å². The van der Waals surface area contributed by atoms with Crippen LogP contribution in [0.3, 0.4) is 0 Å². The minimum absolute atomic E-state index is 0.103. The Morgan fingerprint density at radius 1 is 0.525 bits per heavy atom. The van der Waals surface area contributed by atoms with Gasteiger partial charge in [0.2, 0.25) is 0 Å². The van der Waals surface area contributed by atoms with Crippen LogP contribution in [0.1, 0.15) is 28.9 Å². The Bertz CT molecular complexity index is 2790. The molecule has 0 radical (unpaired) electrons. The van der Waals surface area contributed by atoms with Crippen LogP contribution in [0.25, 0.3) is 65.7 Å². The van der Waals surface area contributed by atoms with Crippen LogP contribution in [-0.2, 0) is 6.42 Å². The second-order valence-electron chi connectivity index (χ2n) is 9.47. The Kier molecular flexibility index (Phi) is 3.07. The molecular weight excluding hydrogens is 484 g/mol. The number of rotatable bonds is 4. The van der Waals surface area contributed by atoms with E-state index in [1.54, 1.807) is 6.07 Å². The molecule has 0 atom stereocenters. The van der Waals surface area contributed by atoms with Crippen molar-refractivity contribution in [2.75, 3.05) is 0 Å². The van der Waals surface area contributed by atoms with Gasteiger partial charge in [0.05, 0.1) is 17.8 Å². The van der Waals surface area contributed by atoms with Gasteiger partial charge in [-0.2, -0.15) is 0 Å². The molecule has 188 valence electrons. The highest BCUT2D eigenvalue weighted by Crippen LogP contribution is 2.42. The van der Waals surface area contributed by atoms with Crippen molar-refractivity contribution in [1.29, 1.82) is 0 Å². The maximum absolute atomic E-state index is 9.18. The van der Waals surface area contributed by atoms with Gasteiger partial charge in [-0.05, 0) is 61.0 Å². The first-order valence-electron chi connectivity index (χ1n) is 19.3. The molecule has 0 bridgehead atoms. The Labute approximate surface area is 251 Å². The lowest BCUT2D eigenvalue weighted by Gasteiger charge is -2.17. The highest BCUT2D eigenvalue weighted by molar-refractivity contribution is 6.16. The molecule has 0 fully saturated rings. The van der Waals surface area contributed by atoms with E-state index < -0.39 is 84.1 Å². The smallest absolute Gasteiger partial charge is 0.138 e. The maximum atomic E-state index is 9.18. The maximum Gasteiger partial charge on any atom is 0.138 e. The van der Waals surface area contributed by atoms with E-state index in [9.17, 15) is 2.74 Å². The van der Waals surface area contributed by atoms with Crippen molar-refractivity contribution < 1.29 is 22.2 Å². The Balaban J connectivity index is 1.56. The Morgan fingerprint density at radius 3 is 1.90 bits per heavy atom. The van der Waals surface area contributed by atoms with Gasteiger partial charge in [0, 0.05) is 17.2 Å². The van der Waals surface area contributed by atoms with Crippen molar-refractivity contribution in [1.82, 2.24) is 0 Å². The lowest BCUT2D eigenvalue weighted by molar-refractivity contribution is 0.664. The molecule has 1 nitrogen and oxygen atoms in total. The second-order valence-corrected chi connectivity index (χ2v) is 9.47. The number of fused-ring (bicyclic) bond motifs is 5. The van der Waals surface area contributed by atoms with Gasteiger partial charge in [0.15, 0.2) is 0 Å². The number of furan rings is 1. The average molecular weight is 524 g/mol. The predicted octanol–water partition coefficient (Wildman–Crippen LogP) is 10.8. The van der Waals surface area contributed by atoms with E-state index in [4.69, 9.17) is 19.5 Å². The summed E-state index contributed by atoms with van der Waals surface area (Å²) < 4.78 is 120. The standard InChI is InChI=1S/C39H26O/c1-3-13-26(14-4-1)29-22-12-24-36-38(29)34-23-11-17-28(39(34)40-36)25-35-30-18-7-9-20-32(30)37(27-15-5-2-6-16-27)33-21-10-8-19-31(33)35/h1-24H,25H2/i2D,5D,6D,7D,8D,9D,10D,15D,16D,18D,19D,20D,21D. The molecule has 0 amide bonds. The van der Waals surface area contributed by atoms with Gasteiger partial charge < -0.3 is 4.42 Å². The fourth-order valence-electron chi connectivity index (χ4n) is 5.60. The van der Waals surface area contributed by atoms with Crippen LogP contribution in [0.4, 0.5) is 0 Å². The van der Waals surface area contributed by atoms with Gasteiger partial charge in [0.25, 0.3) is 0 Å². The molecule has 0 saturated carbocycles. The van der Waals surface area contributed by atoms with Gasteiger partial charge in [-0.1, -0.05) is 139 Å². The van der Waals surface area contributed by atoms with Crippen molar-refractivity contribution in [2.45, 2.75) is 6.42 Å². The van der Waals surface area contributed by atoms with Crippen LogP contribution >= 0.6 is 0 Å². The van der Waals surface area contributed by atoms with Crippen molar-refractivity contribution in [3.8, 4) is 22.3 Å². The SMILES string of the molecule is [2H]c1c([2H])c([2H])c(-c2c3c([2H])c([2H])c([2H])c([2H])c3c(Cc3cccc4c3oc3cccc(-c5ccccc5)c34)c3c([2H])c([2H])c([2H])c([2H])c23)c([2H])c1[2H]. The number of para-hydroxylation sites is 1. The van der Waals surface area contributed by atoms with Crippen LogP contribution in [0.15, 0.2) is 150 Å². The third kappa shape index (κ3) is 3.56. The molecule has 0 aliphatic rings. The minimum atomic E-state index is -0.709. The lowest BCUT2D eigenvalue weighted by Crippen LogP contribution is -1.95. The Morgan fingerprint density at radius 2 is 1.18 bits per heavy atom. The van der Waals surface area contributed by atoms with E-state index in [0.29, 0.717) is 16.7 Å². The number of benzene rings is 7. The third-order valence-corrected chi connectivity index (χ3v) is 7.28. The lowest BCUT2D eigenvalue weighted by atomic mass is 9.86. The molecule has 0 aliphatic carbocycles. The summed E-state index contributed by atoms with van der Waals surface area (Å²) in [6.45, 7) is 0. The quantitative estimate of drug-likeness (QED) is 0.209. The molecule has 8 aromatic rings. The minimum Gasteiger partial charge on any atom is -0.456 e. The number of hydrogen-bond acceptors (Lipinski definition) is 1. The molecule has 0 aliphatic heterocycles. The van der Waals surface area contributed by atoms with Crippen molar-refractivity contribution in [3.63, 3.8) is 0 Å². The highest BCUT2D eigenvalue weighted by Gasteiger charge is 2.19. The first-order valence-corrected chi connectivity index (χ1v) is 12.8. The van der Waals surface area contributed by atoms with Crippen molar-refractivity contribution in [3.05, 3.63) is 156 Å². The molecule has 0 N–H and O–H groups in total. The van der Waals surface area contributed by atoms with E-state index >= 15 is 0 Å². The fraction of sp³-hybridized carbons (Fsp3) is 0.0256. The van der Waals surface area contributed by atoms with E-state index in [0.717, 1.165) is 21.9 Å². The second kappa shape index (κ2) is 9.25. The zero-order valence-electron chi connectivity index (χ0n) is 34.0. The first kappa shape index (κ1) is 13.3. The topological polar surface area (TPSA) is 13.1 Å². The van der Waals surface area contributed by atoms with E-state index in [1.807, 2.05) is 60.7 Å². The highest BCUT2D eigenvalue weighted by atomic mass is 16.3. The van der Waals surface area contributed by atoms with Crippen molar-refractivity contribution in [2.24, 2.45) is 0 Å². The summed E-state index contributed by atoms with van der Waals surface area (Å²) in [5.74, 6) is 0. The van der Waals surface area contributed by atoms with E-state index in [1.165, 1.54) is 0 Å². The zero-order chi connectivity index (χ0) is 37.8. The molecule has 7 aromatic carbocycles. The molecule has 1 heteroatoms. The van der Waals surface area contributed by atoms with Gasteiger partial charge >= 0.3 is 0 Å². The van der Waals surface area contributed by atoms with Gasteiger partial charge in [-0.3, -0.25) is 0 Å². The van der Waals surface area contributed by atoms with Gasteiger partial charge in [-0.25, -0.2) is 0 Å². The van der Waals surface area contributed by atoms with Crippen LogP contribution in [0.2, 0.25) is 0 Å². The largest absolute Gasteiger partial charge is 0.456 e. The molecule has 8 rings (SSSR count). The molecule has 1 heterocycles. The van der Waals surface area contributed by atoms with Gasteiger partial charge in [-0.15, -0.1) is 0 Å². The molecular formula is C39H26O. The molecule has 0 unspecified atom stereocenters. The van der Waals surface area contributed by atoms with Crippen LogP contribution in [0.5, 0.6) is 0 Å². The molecule has 0 saturated heterocycles. The normalized spacial score (nSPS) is 16.1. The molecule has 0 spiro atoms. The van der Waals surface area contributed by atoms with Crippen LogP contribution in [-0.4, -0.2) is 0 Å². The summed E-state index contributed by atoms with van der Waals surface area (Å²) in [5, 5.41) is 0.952. The summed E-state index contributed by atoms with van der Waals surface area (Å²) in [6, 6.07) is 12.8. The van der Waals surface area contributed by atoms with Crippen molar-refractivity contribution >= 4 is 43.5 Å². The predicted molar refractivity (Wildman–Crippen MR) is 169 cm³/mol. The molecule has 1 aromatic heterocycles. The van der Waals surface area contributed by atoms with Crippen LogP contribution < -0.4 is 0 Å². The fourth-order valence-corrected chi connectivity index (χ4v) is 5.60. The first-order chi connectivity index (χ1) is 25.3. The summed E-state index contributed by atoms with van der Waals surface area (Å²) in [6.07, 6.45) is -0.115. The average Bonchev–Trinajstić information content (AvgIpc) is 3.56. The summed E-state index contributed by atoms with van der Waals surface area (Å²) >= 11 is 0. The summed E-state index contributed by atoms with van der Waals surface area (Å²) in [4.78, 5) is 0. The Hall–Kier alpha value is -5.14. The van der Waals surface area contributed by atoms with Gasteiger partial charge in [0.1, 0.15) is 11.2 Å². The number of hydrogen-bond donors (Lipinski definition) is 0. The summed E-state index contributed by atoms with van der Waals surface area (Å²) in [7, 11) is 0. The third-order valence-electron chi connectivity index (χ3n) is 7.28. The zero-order valence-corrected chi connectivity index (χ0v) is 21.0. The summed E-state index contributed by atoms with van der Waals surface area (Å²) in [5.41, 5.74) is 2.94. The molecule has 40 heavy (non-hydrogen) atoms.